The number of aromatic nitrogens is 2. The molecule has 0 fully saturated rings. The largest absolute Gasteiger partial charge is 1.00 e. The van der Waals surface area contributed by atoms with Gasteiger partial charge in [-0.3, -0.25) is 4.79 Å². The van der Waals surface area contributed by atoms with Crippen LogP contribution in [0, 0.1) is 0 Å². The van der Waals surface area contributed by atoms with Crippen LogP contribution in [-0.4, -0.2) is 10.5 Å². The third-order valence-electron chi connectivity index (χ3n) is 3.50. The fourth-order valence-corrected chi connectivity index (χ4v) is 2.22. The van der Waals surface area contributed by atoms with E-state index >= 15 is 0 Å². The molecule has 1 atom stereocenters. The Bertz CT molecular complexity index is 393. The lowest BCUT2D eigenvalue weighted by Gasteiger charge is -2.09. The Morgan fingerprint density at radius 1 is 1.19 bits per heavy atom. The summed E-state index contributed by atoms with van der Waals surface area (Å²) in [6, 6.07) is 0. The van der Waals surface area contributed by atoms with E-state index in [0.29, 0.717) is 6.42 Å². The van der Waals surface area contributed by atoms with Crippen molar-refractivity contribution < 1.29 is 26.5 Å². The minimum Gasteiger partial charge on any atom is -1.00 e. The molecule has 0 bridgehead atoms. The van der Waals surface area contributed by atoms with E-state index in [4.69, 9.17) is 4.74 Å². The third-order valence-corrected chi connectivity index (χ3v) is 3.50. The fraction of sp³-hybridized carbons (Fsp3) is 0.750. The minimum atomic E-state index is -0.228. The number of carbonyl (C=O) groups is 1. The molecule has 4 nitrogen and oxygen atoms in total. The highest BCUT2D eigenvalue weighted by Gasteiger charge is 2.14. The number of nitrogens with zero attached hydrogens (tertiary/aromatic N) is 2. The summed E-state index contributed by atoms with van der Waals surface area (Å²) in [5, 5.41) is 0. The van der Waals surface area contributed by atoms with E-state index in [1.165, 1.54) is 32.1 Å². The van der Waals surface area contributed by atoms with Gasteiger partial charge in [0, 0.05) is 13.3 Å². The Hall–Kier alpha value is -1.03. The van der Waals surface area contributed by atoms with E-state index in [1.807, 2.05) is 41.8 Å². The van der Waals surface area contributed by atoms with Gasteiger partial charge in [0.05, 0.1) is 7.05 Å². The molecule has 1 heterocycles. The molecule has 0 aliphatic heterocycles. The van der Waals surface area contributed by atoms with Crippen LogP contribution in [0.5, 0.6) is 0 Å². The van der Waals surface area contributed by atoms with Crippen molar-refractivity contribution in [1.29, 1.82) is 0 Å². The second-order valence-corrected chi connectivity index (χ2v) is 5.49. The molecular weight excluding hydrogens is 288 g/mol. The van der Waals surface area contributed by atoms with Crippen LogP contribution in [0.1, 0.15) is 71.4 Å². The Balaban J connectivity index is 0.00000400. The molecule has 21 heavy (non-hydrogen) atoms. The average Bonchev–Trinajstić information content (AvgIpc) is 2.84. The lowest BCUT2D eigenvalue weighted by atomic mass is 10.1. The van der Waals surface area contributed by atoms with E-state index < -0.39 is 0 Å². The molecule has 5 heteroatoms. The molecule has 0 spiro atoms. The first-order chi connectivity index (χ1) is 9.63. The van der Waals surface area contributed by atoms with Crippen molar-refractivity contribution in [2.75, 3.05) is 0 Å². The molecule has 0 saturated heterocycles. The molecule has 0 saturated carbocycles. The van der Waals surface area contributed by atoms with Gasteiger partial charge in [-0.25, -0.2) is 4.57 Å². The Morgan fingerprint density at radius 3 is 2.38 bits per heavy atom. The molecular formula is C16H29ClN2O2. The number of rotatable bonds is 10. The topological polar surface area (TPSA) is 35.1 Å². The highest BCUT2D eigenvalue weighted by Crippen LogP contribution is 2.10. The summed E-state index contributed by atoms with van der Waals surface area (Å²) in [6.07, 6.45) is 14.6. The van der Waals surface area contributed by atoms with E-state index in [2.05, 4.69) is 6.92 Å². The number of unbranched alkanes of at least 4 members (excludes halogenated alkanes) is 6. The molecule has 0 N–H and O–H groups in total. The quantitative estimate of drug-likeness (QED) is 0.358. The standard InChI is InChI=1S/C16H29N2O2.ClH/c1-4-5-6-7-8-9-10-11-16(19)20-15(2)18-13-12-17(3)14-18;/h12-15H,4-11H2,1-3H3;1H/q+1;/p-1. The monoisotopic (exact) mass is 316 g/mol. The van der Waals surface area contributed by atoms with Gasteiger partial charge in [-0.1, -0.05) is 45.4 Å². The number of aryl methyl sites for hydroxylation is 1. The van der Waals surface area contributed by atoms with E-state index in [-0.39, 0.29) is 24.6 Å². The Kier molecular flexibility index (Phi) is 11.0. The number of halogens is 1. The van der Waals surface area contributed by atoms with Crippen molar-refractivity contribution in [1.82, 2.24) is 4.57 Å². The summed E-state index contributed by atoms with van der Waals surface area (Å²) in [5.41, 5.74) is 0. The summed E-state index contributed by atoms with van der Waals surface area (Å²) in [7, 11) is 1.95. The van der Waals surface area contributed by atoms with Gasteiger partial charge in [0.2, 0.25) is 12.6 Å². The molecule has 0 aliphatic rings. The SMILES string of the molecule is CCCCCCCCCC(=O)OC(C)[n+]1ccn(C)c1.[Cl-]. The minimum absolute atomic E-state index is 0. The maximum absolute atomic E-state index is 11.7. The summed E-state index contributed by atoms with van der Waals surface area (Å²) >= 11 is 0. The van der Waals surface area contributed by atoms with Gasteiger partial charge in [-0.2, -0.15) is 4.57 Å². The van der Waals surface area contributed by atoms with Crippen molar-refractivity contribution in [3.05, 3.63) is 18.7 Å². The molecule has 1 aromatic rings. The smallest absolute Gasteiger partial charge is 0.309 e. The average molecular weight is 317 g/mol. The fourth-order valence-electron chi connectivity index (χ4n) is 2.22. The third kappa shape index (κ3) is 8.76. The Labute approximate surface area is 134 Å². The summed E-state index contributed by atoms with van der Waals surface area (Å²) in [5.74, 6) is -0.0950. The van der Waals surface area contributed by atoms with Crippen LogP contribution in [0.2, 0.25) is 0 Å². The van der Waals surface area contributed by atoms with Gasteiger partial charge in [-0.15, -0.1) is 0 Å². The van der Waals surface area contributed by atoms with E-state index in [1.54, 1.807) is 0 Å². The van der Waals surface area contributed by atoms with Crippen LogP contribution in [-0.2, 0) is 16.6 Å². The summed E-state index contributed by atoms with van der Waals surface area (Å²) in [4.78, 5) is 11.7. The van der Waals surface area contributed by atoms with Crippen LogP contribution in [0.25, 0.3) is 0 Å². The van der Waals surface area contributed by atoms with Gasteiger partial charge in [-0.05, 0) is 6.42 Å². The zero-order chi connectivity index (χ0) is 14.8. The number of ether oxygens (including phenoxy) is 1. The number of hydrogen-bond donors (Lipinski definition) is 0. The first kappa shape index (κ1) is 20.0. The highest BCUT2D eigenvalue weighted by molar-refractivity contribution is 5.69. The van der Waals surface area contributed by atoms with Gasteiger partial charge in [0.15, 0.2) is 0 Å². The first-order valence-corrected chi connectivity index (χ1v) is 7.85. The molecule has 122 valence electrons. The van der Waals surface area contributed by atoms with E-state index in [9.17, 15) is 4.79 Å². The second-order valence-electron chi connectivity index (χ2n) is 5.49. The predicted molar refractivity (Wildman–Crippen MR) is 79.0 cm³/mol. The molecule has 1 rings (SSSR count). The number of esters is 1. The van der Waals surface area contributed by atoms with Gasteiger partial charge < -0.3 is 17.1 Å². The number of carbonyl (C=O) groups excluding carboxylic acids is 1. The molecule has 0 radical (unpaired) electrons. The molecule has 0 aromatic carbocycles. The number of hydrogen-bond acceptors (Lipinski definition) is 2. The first-order valence-electron chi connectivity index (χ1n) is 7.85. The van der Waals surface area contributed by atoms with Crippen molar-refractivity contribution in [2.24, 2.45) is 7.05 Å². The Morgan fingerprint density at radius 2 is 1.81 bits per heavy atom. The maximum atomic E-state index is 11.7. The van der Waals surface area contributed by atoms with Crippen LogP contribution in [0.3, 0.4) is 0 Å². The molecule has 0 aliphatic carbocycles. The van der Waals surface area contributed by atoms with Gasteiger partial charge in [0.25, 0.3) is 0 Å². The highest BCUT2D eigenvalue weighted by atomic mass is 35.5. The van der Waals surface area contributed by atoms with Crippen LogP contribution >= 0.6 is 0 Å². The van der Waals surface area contributed by atoms with Crippen molar-refractivity contribution in [3.63, 3.8) is 0 Å². The summed E-state index contributed by atoms with van der Waals surface area (Å²) < 4.78 is 9.23. The predicted octanol–water partition coefficient (Wildman–Crippen LogP) is 0.519. The summed E-state index contributed by atoms with van der Waals surface area (Å²) in [6.45, 7) is 4.12. The van der Waals surface area contributed by atoms with Gasteiger partial charge >= 0.3 is 5.97 Å². The second kappa shape index (κ2) is 11.6. The van der Waals surface area contributed by atoms with Crippen molar-refractivity contribution in [2.45, 2.75) is 71.4 Å². The van der Waals surface area contributed by atoms with Crippen molar-refractivity contribution in [3.8, 4) is 0 Å². The molecule has 1 unspecified atom stereocenters. The van der Waals surface area contributed by atoms with Crippen LogP contribution in [0.4, 0.5) is 0 Å². The van der Waals surface area contributed by atoms with Gasteiger partial charge in [0.1, 0.15) is 12.4 Å². The zero-order valence-corrected chi connectivity index (χ0v) is 14.3. The number of imidazole rings is 1. The lowest BCUT2D eigenvalue weighted by Crippen LogP contribution is -3.00. The normalized spacial score (nSPS) is 11.8. The lowest BCUT2D eigenvalue weighted by molar-refractivity contribution is -0.752. The molecule has 0 amide bonds. The zero-order valence-electron chi connectivity index (χ0n) is 13.6. The van der Waals surface area contributed by atoms with Crippen molar-refractivity contribution >= 4 is 5.97 Å². The van der Waals surface area contributed by atoms with Crippen LogP contribution < -0.4 is 17.0 Å². The van der Waals surface area contributed by atoms with Crippen LogP contribution in [0.15, 0.2) is 18.7 Å². The van der Waals surface area contributed by atoms with E-state index in [0.717, 1.165) is 12.8 Å². The molecule has 1 aromatic heterocycles. The maximum Gasteiger partial charge on any atom is 0.309 e.